The normalized spacial score (nSPS) is 15.9. The van der Waals surface area contributed by atoms with Gasteiger partial charge >= 0.3 is 0 Å². The molecule has 1 aliphatic heterocycles. The maximum absolute atomic E-state index is 11.9. The van der Waals surface area contributed by atoms with Crippen molar-refractivity contribution >= 4 is 10.0 Å². The van der Waals surface area contributed by atoms with E-state index in [0.29, 0.717) is 31.1 Å². The molecule has 0 bridgehead atoms. The Morgan fingerprint density at radius 3 is 2.65 bits per heavy atom. The van der Waals surface area contributed by atoms with E-state index in [2.05, 4.69) is 4.72 Å². The van der Waals surface area contributed by atoms with Crippen molar-refractivity contribution in [2.45, 2.75) is 32.7 Å². The SMILES string of the molecule is CCCCS(=O)(=O)NC(C)c1ccc2c(c1)OCCO2. The van der Waals surface area contributed by atoms with Gasteiger partial charge < -0.3 is 9.47 Å². The van der Waals surface area contributed by atoms with E-state index in [1.807, 2.05) is 32.0 Å². The maximum Gasteiger partial charge on any atom is 0.212 e. The summed E-state index contributed by atoms with van der Waals surface area (Å²) < 4.78 is 37.4. The minimum Gasteiger partial charge on any atom is -0.486 e. The number of nitrogens with one attached hydrogen (secondary N) is 1. The summed E-state index contributed by atoms with van der Waals surface area (Å²) in [6.07, 6.45) is 1.53. The predicted octanol–water partition coefficient (Wildman–Crippen LogP) is 2.24. The molecule has 0 saturated heterocycles. The van der Waals surface area contributed by atoms with Crippen molar-refractivity contribution in [1.29, 1.82) is 0 Å². The maximum atomic E-state index is 11.9. The molecule has 20 heavy (non-hydrogen) atoms. The molecule has 0 saturated carbocycles. The zero-order valence-electron chi connectivity index (χ0n) is 11.9. The summed E-state index contributed by atoms with van der Waals surface area (Å²) in [6.45, 7) is 4.87. The predicted molar refractivity (Wildman–Crippen MR) is 77.7 cm³/mol. The molecule has 5 nitrogen and oxygen atoms in total. The van der Waals surface area contributed by atoms with E-state index in [-0.39, 0.29) is 11.8 Å². The second kappa shape index (κ2) is 6.45. The lowest BCUT2D eigenvalue weighted by Gasteiger charge is -2.21. The monoisotopic (exact) mass is 299 g/mol. The van der Waals surface area contributed by atoms with Gasteiger partial charge in [0.05, 0.1) is 5.75 Å². The van der Waals surface area contributed by atoms with Crippen molar-refractivity contribution in [3.05, 3.63) is 23.8 Å². The lowest BCUT2D eigenvalue weighted by Crippen LogP contribution is -2.29. The van der Waals surface area contributed by atoms with Crippen LogP contribution in [0.1, 0.15) is 38.3 Å². The quantitative estimate of drug-likeness (QED) is 0.875. The molecule has 1 aliphatic rings. The average Bonchev–Trinajstić information content (AvgIpc) is 2.44. The van der Waals surface area contributed by atoms with Gasteiger partial charge in [-0.2, -0.15) is 0 Å². The lowest BCUT2D eigenvalue weighted by atomic mass is 10.1. The second-order valence-corrected chi connectivity index (χ2v) is 6.79. The molecule has 0 aromatic heterocycles. The van der Waals surface area contributed by atoms with Crippen molar-refractivity contribution in [2.24, 2.45) is 0 Å². The highest BCUT2D eigenvalue weighted by molar-refractivity contribution is 7.89. The van der Waals surface area contributed by atoms with E-state index in [0.717, 1.165) is 12.0 Å². The molecule has 2 rings (SSSR count). The summed E-state index contributed by atoms with van der Waals surface area (Å²) in [5.41, 5.74) is 0.870. The van der Waals surface area contributed by atoms with Crippen LogP contribution in [-0.4, -0.2) is 27.4 Å². The summed E-state index contributed by atoms with van der Waals surface area (Å²) in [6, 6.07) is 5.23. The first kappa shape index (κ1) is 15.1. The highest BCUT2D eigenvalue weighted by Crippen LogP contribution is 2.32. The van der Waals surface area contributed by atoms with Gasteiger partial charge in [-0.25, -0.2) is 13.1 Å². The largest absolute Gasteiger partial charge is 0.486 e. The number of unbranched alkanes of at least 4 members (excludes halogenated alkanes) is 1. The molecule has 1 heterocycles. The van der Waals surface area contributed by atoms with Crippen LogP contribution in [0.3, 0.4) is 0 Å². The first-order valence-electron chi connectivity index (χ1n) is 6.91. The summed E-state index contributed by atoms with van der Waals surface area (Å²) >= 11 is 0. The molecule has 1 unspecified atom stereocenters. The van der Waals surface area contributed by atoms with Crippen LogP contribution in [0.5, 0.6) is 11.5 Å². The Hall–Kier alpha value is -1.27. The van der Waals surface area contributed by atoms with Crippen LogP contribution >= 0.6 is 0 Å². The first-order chi connectivity index (χ1) is 9.52. The van der Waals surface area contributed by atoms with Crippen LogP contribution in [0.2, 0.25) is 0 Å². The molecule has 6 heteroatoms. The number of rotatable bonds is 6. The molecular formula is C14H21NO4S. The summed E-state index contributed by atoms with van der Waals surface area (Å²) in [4.78, 5) is 0. The Labute approximate surface area is 120 Å². The number of benzene rings is 1. The summed E-state index contributed by atoms with van der Waals surface area (Å²) in [7, 11) is -3.23. The molecule has 0 aliphatic carbocycles. The fraction of sp³-hybridized carbons (Fsp3) is 0.571. The van der Waals surface area contributed by atoms with Crippen molar-refractivity contribution in [2.75, 3.05) is 19.0 Å². The molecule has 0 spiro atoms. The third-order valence-corrected chi connectivity index (χ3v) is 4.73. The van der Waals surface area contributed by atoms with Gasteiger partial charge in [0.2, 0.25) is 10.0 Å². The van der Waals surface area contributed by atoms with Crippen molar-refractivity contribution in [1.82, 2.24) is 4.72 Å². The topological polar surface area (TPSA) is 64.6 Å². The van der Waals surface area contributed by atoms with E-state index >= 15 is 0 Å². The lowest BCUT2D eigenvalue weighted by molar-refractivity contribution is 0.171. The molecule has 112 valence electrons. The highest BCUT2D eigenvalue weighted by Gasteiger charge is 2.18. The van der Waals surface area contributed by atoms with Gasteiger partial charge in [0.15, 0.2) is 11.5 Å². The molecule has 1 atom stereocenters. The van der Waals surface area contributed by atoms with Crippen LogP contribution in [0.4, 0.5) is 0 Å². The van der Waals surface area contributed by atoms with E-state index in [4.69, 9.17) is 9.47 Å². The number of hydrogen-bond acceptors (Lipinski definition) is 4. The zero-order valence-corrected chi connectivity index (χ0v) is 12.7. The van der Waals surface area contributed by atoms with E-state index in [9.17, 15) is 8.42 Å². The Bertz CT molecular complexity index is 556. The summed E-state index contributed by atoms with van der Waals surface area (Å²) in [5.74, 6) is 1.55. The smallest absolute Gasteiger partial charge is 0.212 e. The van der Waals surface area contributed by atoms with E-state index in [1.165, 1.54) is 0 Å². The zero-order chi connectivity index (χ0) is 14.6. The first-order valence-corrected chi connectivity index (χ1v) is 8.56. The molecule has 1 aromatic rings. The minimum atomic E-state index is -3.23. The number of hydrogen-bond donors (Lipinski definition) is 1. The van der Waals surface area contributed by atoms with Gasteiger partial charge in [-0.15, -0.1) is 0 Å². The van der Waals surface area contributed by atoms with Crippen LogP contribution in [0, 0.1) is 0 Å². The minimum absolute atomic E-state index is 0.165. The number of ether oxygens (including phenoxy) is 2. The van der Waals surface area contributed by atoms with Gasteiger partial charge in [-0.1, -0.05) is 19.4 Å². The molecule has 0 fully saturated rings. The Morgan fingerprint density at radius 1 is 1.25 bits per heavy atom. The van der Waals surface area contributed by atoms with Crippen LogP contribution < -0.4 is 14.2 Å². The fourth-order valence-corrected chi connectivity index (χ4v) is 3.52. The number of sulfonamides is 1. The van der Waals surface area contributed by atoms with Crippen molar-refractivity contribution < 1.29 is 17.9 Å². The summed E-state index contributed by atoms with van der Waals surface area (Å²) in [5, 5.41) is 0. The Balaban J connectivity index is 2.07. The van der Waals surface area contributed by atoms with Gasteiger partial charge in [0.25, 0.3) is 0 Å². The Kier molecular flexibility index (Phi) is 4.88. The van der Waals surface area contributed by atoms with Crippen molar-refractivity contribution in [3.8, 4) is 11.5 Å². The van der Waals surface area contributed by atoms with Gasteiger partial charge in [-0.05, 0) is 31.0 Å². The van der Waals surface area contributed by atoms with E-state index < -0.39 is 10.0 Å². The molecule has 1 aromatic carbocycles. The van der Waals surface area contributed by atoms with Crippen LogP contribution in [0.25, 0.3) is 0 Å². The molecule has 1 N–H and O–H groups in total. The molecule has 0 amide bonds. The van der Waals surface area contributed by atoms with Crippen LogP contribution in [0.15, 0.2) is 18.2 Å². The van der Waals surface area contributed by atoms with E-state index in [1.54, 1.807) is 0 Å². The average molecular weight is 299 g/mol. The number of fused-ring (bicyclic) bond motifs is 1. The molecule has 0 radical (unpaired) electrons. The second-order valence-electron chi connectivity index (χ2n) is 4.92. The van der Waals surface area contributed by atoms with Gasteiger partial charge in [0.1, 0.15) is 13.2 Å². The third-order valence-electron chi connectivity index (χ3n) is 3.19. The van der Waals surface area contributed by atoms with Gasteiger partial charge in [-0.3, -0.25) is 0 Å². The molecular weight excluding hydrogens is 278 g/mol. The standard InChI is InChI=1S/C14H21NO4S/c1-3-4-9-20(16,17)15-11(2)12-5-6-13-14(10-12)19-8-7-18-13/h5-6,10-11,15H,3-4,7-9H2,1-2H3. The fourth-order valence-electron chi connectivity index (χ4n) is 2.06. The highest BCUT2D eigenvalue weighted by atomic mass is 32.2. The third kappa shape index (κ3) is 3.86. The Morgan fingerprint density at radius 2 is 1.95 bits per heavy atom. The van der Waals surface area contributed by atoms with Crippen LogP contribution in [-0.2, 0) is 10.0 Å². The van der Waals surface area contributed by atoms with Crippen molar-refractivity contribution in [3.63, 3.8) is 0 Å². The van der Waals surface area contributed by atoms with Gasteiger partial charge in [0, 0.05) is 6.04 Å².